The molecule has 4 aromatic heterocycles. The van der Waals surface area contributed by atoms with E-state index >= 15 is 0 Å². The number of aryl methyl sites for hydroxylation is 4. The Morgan fingerprint density at radius 1 is 0.558 bits per heavy atom. The summed E-state index contributed by atoms with van der Waals surface area (Å²) in [6.45, 7) is 8.41. The molecule has 9 rings (SSSR count). The number of fused-ring (bicyclic) bond motifs is 4. The Balaban J connectivity index is 0.000000209. The van der Waals surface area contributed by atoms with Gasteiger partial charge < -0.3 is 9.40 Å². The standard InChI is InChI=1S/C32H19N2O.C15H16N.Ir/c1-2-5-21(6-3-1)22-8-9-24-18-25(11-10-23(24)17-22)26-12-15-33-30(20-26)29-19-27-13-16-35-32(27)31-28(29)7-4-14-34-31;1-10-5-6-14(7-11(10)2)15-8-12(3)13(4)9-16-15;/h1-18,20H;5,7-9H,1-4H3;/q2*-1;. The third kappa shape index (κ3) is 6.94. The number of hydrogen-bond donors (Lipinski definition) is 0. The molecule has 4 heterocycles. The van der Waals surface area contributed by atoms with Gasteiger partial charge in [-0.15, -0.1) is 41.0 Å². The summed E-state index contributed by atoms with van der Waals surface area (Å²) in [5.74, 6) is 0. The van der Waals surface area contributed by atoms with Crippen molar-refractivity contribution in [1.82, 2.24) is 15.0 Å². The second kappa shape index (κ2) is 14.9. The van der Waals surface area contributed by atoms with E-state index in [4.69, 9.17) is 9.40 Å². The third-order valence-corrected chi connectivity index (χ3v) is 9.59. The van der Waals surface area contributed by atoms with Crippen molar-refractivity contribution >= 4 is 32.6 Å². The van der Waals surface area contributed by atoms with Crippen LogP contribution in [0.4, 0.5) is 0 Å². The summed E-state index contributed by atoms with van der Waals surface area (Å²) in [6.07, 6.45) is 7.26. The summed E-state index contributed by atoms with van der Waals surface area (Å²) in [7, 11) is 0. The largest absolute Gasteiger partial charge is 0.506 e. The van der Waals surface area contributed by atoms with Gasteiger partial charge in [0.15, 0.2) is 0 Å². The first kappa shape index (κ1) is 34.7. The molecule has 0 saturated carbocycles. The molecule has 0 fully saturated rings. The molecule has 9 aromatic rings. The van der Waals surface area contributed by atoms with Gasteiger partial charge in [0.1, 0.15) is 0 Å². The maximum absolute atomic E-state index is 5.68. The summed E-state index contributed by atoms with van der Waals surface area (Å²) in [5.41, 5.74) is 15.2. The van der Waals surface area contributed by atoms with Crippen LogP contribution in [0.5, 0.6) is 0 Å². The van der Waals surface area contributed by atoms with E-state index in [-0.39, 0.29) is 20.1 Å². The van der Waals surface area contributed by atoms with Gasteiger partial charge in [0.2, 0.25) is 0 Å². The van der Waals surface area contributed by atoms with Crippen molar-refractivity contribution in [2.45, 2.75) is 27.7 Å². The Labute approximate surface area is 317 Å². The fourth-order valence-corrected chi connectivity index (χ4v) is 6.36. The van der Waals surface area contributed by atoms with Crippen molar-refractivity contribution in [2.75, 3.05) is 0 Å². The number of benzene rings is 5. The van der Waals surface area contributed by atoms with Crippen LogP contribution in [-0.2, 0) is 20.1 Å². The molecule has 5 heteroatoms. The molecule has 255 valence electrons. The van der Waals surface area contributed by atoms with Gasteiger partial charge in [0.25, 0.3) is 0 Å². The molecule has 5 aromatic carbocycles. The molecule has 0 amide bonds. The zero-order valence-electron chi connectivity index (χ0n) is 29.4. The van der Waals surface area contributed by atoms with Gasteiger partial charge in [-0.25, -0.2) is 0 Å². The Hall–Kier alpha value is -5.74. The molecule has 0 atom stereocenters. The number of rotatable bonds is 4. The van der Waals surface area contributed by atoms with Crippen LogP contribution in [0, 0.1) is 39.8 Å². The van der Waals surface area contributed by atoms with Gasteiger partial charge in [0, 0.05) is 56.2 Å². The second-order valence-corrected chi connectivity index (χ2v) is 13.0. The van der Waals surface area contributed by atoms with Crippen molar-refractivity contribution in [1.29, 1.82) is 0 Å². The zero-order chi connectivity index (χ0) is 34.9. The smallest absolute Gasteiger partial charge is 0.0847 e. The van der Waals surface area contributed by atoms with Gasteiger partial charge in [-0.3, -0.25) is 9.97 Å². The minimum Gasteiger partial charge on any atom is -0.506 e. The van der Waals surface area contributed by atoms with E-state index in [1.54, 1.807) is 12.5 Å². The summed E-state index contributed by atoms with van der Waals surface area (Å²) in [5, 5.41) is 4.31. The van der Waals surface area contributed by atoms with E-state index in [2.05, 4.69) is 135 Å². The van der Waals surface area contributed by atoms with Crippen LogP contribution >= 0.6 is 0 Å². The van der Waals surface area contributed by atoms with Crippen molar-refractivity contribution in [2.24, 2.45) is 0 Å². The summed E-state index contributed by atoms with van der Waals surface area (Å²) >= 11 is 0. The van der Waals surface area contributed by atoms with Crippen molar-refractivity contribution in [3.63, 3.8) is 0 Å². The van der Waals surface area contributed by atoms with E-state index in [1.807, 2.05) is 42.7 Å². The van der Waals surface area contributed by atoms with Gasteiger partial charge >= 0.3 is 0 Å². The molecule has 0 bridgehead atoms. The van der Waals surface area contributed by atoms with Gasteiger partial charge in [-0.1, -0.05) is 121 Å². The van der Waals surface area contributed by atoms with Gasteiger partial charge in [-0.2, -0.15) is 0 Å². The Kier molecular flexibility index (Phi) is 9.91. The molecule has 4 nitrogen and oxygen atoms in total. The molecule has 0 aliphatic heterocycles. The average molecular weight is 850 g/mol. The first-order valence-electron chi connectivity index (χ1n) is 17.1. The summed E-state index contributed by atoms with van der Waals surface area (Å²) in [4.78, 5) is 13.7. The maximum Gasteiger partial charge on any atom is 0.0847 e. The van der Waals surface area contributed by atoms with E-state index in [0.717, 1.165) is 55.5 Å². The quantitative estimate of drug-likeness (QED) is 0.166. The number of hydrogen-bond acceptors (Lipinski definition) is 4. The van der Waals surface area contributed by atoms with Gasteiger partial charge in [-0.05, 0) is 76.3 Å². The van der Waals surface area contributed by atoms with Crippen LogP contribution in [-0.4, -0.2) is 15.0 Å². The minimum atomic E-state index is 0. The predicted molar refractivity (Wildman–Crippen MR) is 209 cm³/mol. The Bertz CT molecular complexity index is 2650. The Morgan fingerprint density at radius 3 is 2.04 bits per heavy atom. The molecule has 0 unspecified atom stereocenters. The molecule has 52 heavy (non-hydrogen) atoms. The van der Waals surface area contributed by atoms with E-state index in [9.17, 15) is 0 Å². The first-order chi connectivity index (χ1) is 24.9. The fraction of sp³-hybridized carbons (Fsp3) is 0.0851. The predicted octanol–water partition coefficient (Wildman–Crippen LogP) is 12.1. The van der Waals surface area contributed by atoms with E-state index in [0.29, 0.717) is 0 Å². The number of aromatic nitrogens is 3. The molecule has 0 N–H and O–H groups in total. The molecule has 0 aliphatic carbocycles. The normalized spacial score (nSPS) is 10.9. The van der Waals surface area contributed by atoms with Crippen molar-refractivity contribution < 1.29 is 24.5 Å². The third-order valence-electron chi connectivity index (χ3n) is 9.59. The molecular weight excluding hydrogens is 815 g/mol. The SMILES string of the molecule is Cc1c[c-]c(-c2cc(C)c(C)cn2)cc1C.[Ir].[c-]1c(-c2cc(-c3ccc4cc(-c5ccccc5)ccc4c3)ccn2)c2cccnc2c2occc12. The Morgan fingerprint density at radius 2 is 1.29 bits per heavy atom. The van der Waals surface area contributed by atoms with Crippen LogP contribution in [0.15, 0.2) is 145 Å². The minimum absolute atomic E-state index is 0. The molecule has 0 aliphatic rings. The van der Waals surface area contributed by atoms with Crippen molar-refractivity contribution in [3.8, 4) is 44.8 Å². The van der Waals surface area contributed by atoms with E-state index in [1.165, 1.54) is 44.2 Å². The zero-order valence-corrected chi connectivity index (χ0v) is 31.8. The van der Waals surface area contributed by atoms with Crippen LogP contribution in [0.2, 0.25) is 0 Å². The number of nitrogens with zero attached hydrogens (tertiary/aromatic N) is 3. The number of furan rings is 1. The van der Waals surface area contributed by atoms with Crippen LogP contribution in [0.1, 0.15) is 22.3 Å². The molecule has 1 radical (unpaired) electrons. The number of pyridine rings is 3. The first-order valence-corrected chi connectivity index (χ1v) is 17.1. The maximum atomic E-state index is 5.68. The average Bonchev–Trinajstić information content (AvgIpc) is 3.66. The molecule has 0 saturated heterocycles. The van der Waals surface area contributed by atoms with Crippen LogP contribution < -0.4 is 0 Å². The van der Waals surface area contributed by atoms with Crippen molar-refractivity contribution in [3.05, 3.63) is 175 Å². The molecule has 0 spiro atoms. The summed E-state index contributed by atoms with van der Waals surface area (Å²) < 4.78 is 5.68. The molecular formula is C47H35IrN3O-2. The van der Waals surface area contributed by atoms with Gasteiger partial charge in [0.05, 0.1) is 5.58 Å². The fourth-order valence-electron chi connectivity index (χ4n) is 6.36. The van der Waals surface area contributed by atoms with E-state index < -0.39 is 0 Å². The second-order valence-electron chi connectivity index (χ2n) is 13.0. The monoisotopic (exact) mass is 850 g/mol. The topological polar surface area (TPSA) is 51.8 Å². The summed E-state index contributed by atoms with van der Waals surface area (Å²) in [6, 6.07) is 46.9. The van der Waals surface area contributed by atoms with Crippen LogP contribution in [0.3, 0.4) is 0 Å². The van der Waals surface area contributed by atoms with Crippen LogP contribution in [0.25, 0.3) is 77.4 Å².